The predicted molar refractivity (Wildman–Crippen MR) is 42.4 cm³/mol. The van der Waals surface area contributed by atoms with Gasteiger partial charge >= 0.3 is 0 Å². The summed E-state index contributed by atoms with van der Waals surface area (Å²) in [6.45, 7) is 0. The first kappa shape index (κ1) is 10.1. The van der Waals surface area contributed by atoms with Gasteiger partial charge in [0.25, 0.3) is 0 Å². The molecular weight excluding hydrogens is 166 g/mol. The summed E-state index contributed by atoms with van der Waals surface area (Å²) in [4.78, 5) is 0. The van der Waals surface area contributed by atoms with E-state index in [0.717, 1.165) is 5.69 Å². The van der Waals surface area contributed by atoms with Crippen molar-refractivity contribution in [2.24, 2.45) is 0 Å². The second kappa shape index (κ2) is 5.84. The molecule has 1 unspecified atom stereocenters. The number of hydrogen-bond acceptors (Lipinski definition) is 3. The van der Waals surface area contributed by atoms with Crippen LogP contribution >= 0.6 is 0 Å². The van der Waals surface area contributed by atoms with E-state index in [-0.39, 0.29) is 0 Å². The zero-order valence-electron chi connectivity index (χ0n) is 5.64. The summed E-state index contributed by atoms with van der Waals surface area (Å²) in [6.07, 6.45) is 0. The fourth-order valence-corrected chi connectivity index (χ4v) is 0.453. The molecule has 0 amide bonds. The molecule has 0 bridgehead atoms. The molecule has 0 heterocycles. The molecule has 1 atom stereocenters. The Morgan fingerprint density at radius 3 is 1.91 bits per heavy atom. The average Bonchev–Trinajstić information content (AvgIpc) is 1.87. The molecule has 0 saturated heterocycles. The molecule has 1 rings (SSSR count). The fraction of sp³-hybridized carbons (Fsp3) is 0. The zero-order chi connectivity index (χ0) is 8.69. The average molecular weight is 174 g/mol. The summed E-state index contributed by atoms with van der Waals surface area (Å²) < 4.78 is 24.1. The van der Waals surface area contributed by atoms with Gasteiger partial charge in [-0.3, -0.25) is 0 Å². The van der Waals surface area contributed by atoms with Gasteiger partial charge in [0.1, 0.15) is 0 Å². The molecule has 0 aromatic heterocycles. The van der Waals surface area contributed by atoms with E-state index in [1.165, 1.54) is 0 Å². The lowest BCUT2D eigenvalue weighted by Gasteiger charge is -1.83. The number of rotatable bonds is 0. The van der Waals surface area contributed by atoms with Crippen molar-refractivity contribution in [2.75, 3.05) is 5.73 Å². The van der Waals surface area contributed by atoms with Crippen molar-refractivity contribution < 1.29 is 13.3 Å². The Kier molecular flexibility index (Phi) is 5.36. The van der Waals surface area contributed by atoms with Crippen LogP contribution in [0.1, 0.15) is 0 Å². The van der Waals surface area contributed by atoms with Crippen LogP contribution in [0.2, 0.25) is 0 Å². The number of hydrogen-bond donors (Lipinski definition) is 2. The third-order valence-electron chi connectivity index (χ3n) is 0.800. The van der Waals surface area contributed by atoms with Crippen LogP contribution < -0.4 is 5.73 Å². The van der Waals surface area contributed by atoms with Crippen molar-refractivity contribution in [3.05, 3.63) is 30.3 Å². The third-order valence-corrected chi connectivity index (χ3v) is 0.800. The summed E-state index contributed by atoms with van der Waals surface area (Å²) in [5, 5.41) is 0. The standard InChI is InChI=1S/C6H7N.H2O3S/c7-6-4-2-1-3-5-6;1-4(2)3/h1-5H,7H2;(H2,1,2,3)/p-1. The SMILES string of the molecule is Nc1ccccc1.O=S([O-])O. The lowest BCUT2D eigenvalue weighted by Crippen LogP contribution is -1.79. The predicted octanol–water partition coefficient (Wildman–Crippen LogP) is 0.607. The van der Waals surface area contributed by atoms with Crippen LogP contribution in [0.3, 0.4) is 0 Å². The third kappa shape index (κ3) is 9.09. The molecule has 0 aliphatic rings. The number of benzene rings is 1. The Morgan fingerprint density at radius 2 is 1.73 bits per heavy atom. The number of nitrogens with two attached hydrogens (primary N) is 1. The van der Waals surface area contributed by atoms with Gasteiger partial charge in [-0.2, -0.15) is 0 Å². The topological polar surface area (TPSA) is 86.4 Å². The van der Waals surface area contributed by atoms with Gasteiger partial charge in [-0.05, 0) is 12.1 Å². The van der Waals surface area contributed by atoms with E-state index in [2.05, 4.69) is 0 Å². The van der Waals surface area contributed by atoms with E-state index < -0.39 is 11.4 Å². The highest BCUT2D eigenvalue weighted by Crippen LogP contribution is 1.95. The molecule has 0 aliphatic carbocycles. The Labute approximate surface area is 67.2 Å². The minimum Gasteiger partial charge on any atom is -0.750 e. The van der Waals surface area contributed by atoms with Gasteiger partial charge in [0.15, 0.2) is 0 Å². The lowest BCUT2D eigenvalue weighted by atomic mass is 10.3. The molecular formula is C6H8NO3S-. The van der Waals surface area contributed by atoms with Crippen molar-refractivity contribution in [1.82, 2.24) is 0 Å². The van der Waals surface area contributed by atoms with Gasteiger partial charge in [0.2, 0.25) is 0 Å². The van der Waals surface area contributed by atoms with Crippen molar-refractivity contribution in [2.45, 2.75) is 0 Å². The van der Waals surface area contributed by atoms with Crippen molar-refractivity contribution in [3.63, 3.8) is 0 Å². The summed E-state index contributed by atoms with van der Waals surface area (Å²) in [7, 11) is 0. The maximum atomic E-state index is 8.56. The van der Waals surface area contributed by atoms with Crippen LogP contribution in [0.15, 0.2) is 30.3 Å². The van der Waals surface area contributed by atoms with E-state index in [1.54, 1.807) is 0 Å². The Morgan fingerprint density at radius 1 is 1.36 bits per heavy atom. The number of nitrogen functional groups attached to an aromatic ring is 1. The van der Waals surface area contributed by atoms with Crippen LogP contribution in [0.25, 0.3) is 0 Å². The quantitative estimate of drug-likeness (QED) is 0.445. The normalized spacial score (nSPS) is 11.1. The van der Waals surface area contributed by atoms with Crippen molar-refractivity contribution in [1.29, 1.82) is 0 Å². The first-order valence-electron chi connectivity index (χ1n) is 2.72. The molecule has 1 aromatic rings. The summed E-state index contributed by atoms with van der Waals surface area (Å²) in [6, 6.07) is 9.49. The van der Waals surface area contributed by atoms with Gasteiger partial charge in [0, 0.05) is 5.69 Å². The van der Waals surface area contributed by atoms with E-state index in [1.807, 2.05) is 30.3 Å². The van der Waals surface area contributed by atoms with Gasteiger partial charge in [-0.1, -0.05) is 18.2 Å². The minimum atomic E-state index is -2.86. The van der Waals surface area contributed by atoms with E-state index in [4.69, 9.17) is 19.0 Å². The molecule has 0 spiro atoms. The molecule has 0 saturated carbocycles. The molecule has 11 heavy (non-hydrogen) atoms. The lowest BCUT2D eigenvalue weighted by molar-refractivity contribution is 0.436. The van der Waals surface area contributed by atoms with Crippen LogP contribution in [0.5, 0.6) is 0 Å². The monoisotopic (exact) mass is 174 g/mol. The van der Waals surface area contributed by atoms with Crippen LogP contribution in [0, 0.1) is 0 Å². The number of para-hydroxylation sites is 1. The maximum absolute atomic E-state index is 8.56. The minimum absolute atomic E-state index is 0.822. The highest BCUT2D eigenvalue weighted by atomic mass is 32.2. The highest BCUT2D eigenvalue weighted by Gasteiger charge is 1.72. The van der Waals surface area contributed by atoms with E-state index in [9.17, 15) is 0 Å². The largest absolute Gasteiger partial charge is 0.750 e. The summed E-state index contributed by atoms with van der Waals surface area (Å²) in [5.41, 5.74) is 6.18. The first-order chi connectivity index (χ1) is 5.13. The smallest absolute Gasteiger partial charge is 0.0814 e. The van der Waals surface area contributed by atoms with Crippen molar-refractivity contribution >= 4 is 17.0 Å². The Balaban J connectivity index is 0.000000218. The molecule has 4 nitrogen and oxygen atoms in total. The molecule has 3 N–H and O–H groups in total. The Hall–Kier alpha value is -0.910. The molecule has 0 fully saturated rings. The maximum Gasteiger partial charge on any atom is 0.0814 e. The first-order valence-corrected chi connectivity index (χ1v) is 3.75. The van der Waals surface area contributed by atoms with Gasteiger partial charge < -0.3 is 14.8 Å². The highest BCUT2D eigenvalue weighted by molar-refractivity contribution is 7.73. The van der Waals surface area contributed by atoms with Gasteiger partial charge in [-0.25, -0.2) is 4.21 Å². The van der Waals surface area contributed by atoms with Gasteiger partial charge in [0.05, 0.1) is 11.4 Å². The number of anilines is 1. The van der Waals surface area contributed by atoms with Crippen LogP contribution in [-0.4, -0.2) is 13.3 Å². The van der Waals surface area contributed by atoms with E-state index >= 15 is 0 Å². The summed E-state index contributed by atoms with van der Waals surface area (Å²) in [5.74, 6) is 0. The second-order valence-corrected chi connectivity index (χ2v) is 2.06. The molecule has 5 heteroatoms. The Bertz CT molecular complexity index is 210. The zero-order valence-corrected chi connectivity index (χ0v) is 6.45. The fourth-order valence-electron chi connectivity index (χ4n) is 0.453. The molecule has 62 valence electrons. The molecule has 0 aliphatic heterocycles. The van der Waals surface area contributed by atoms with Gasteiger partial charge in [-0.15, -0.1) is 0 Å². The second-order valence-electron chi connectivity index (χ2n) is 1.63. The van der Waals surface area contributed by atoms with Crippen LogP contribution in [-0.2, 0) is 11.4 Å². The molecule has 0 radical (unpaired) electrons. The molecule has 1 aromatic carbocycles. The van der Waals surface area contributed by atoms with Crippen LogP contribution in [0.4, 0.5) is 5.69 Å². The van der Waals surface area contributed by atoms with Crippen molar-refractivity contribution in [3.8, 4) is 0 Å². The van der Waals surface area contributed by atoms with E-state index in [0.29, 0.717) is 0 Å². The summed E-state index contributed by atoms with van der Waals surface area (Å²) >= 11 is -2.86.